The number of hydrogen-bond acceptors (Lipinski definition) is 4. The number of rotatable bonds is 6. The molecule has 3 heterocycles. The Bertz CT molecular complexity index is 1270. The summed E-state index contributed by atoms with van der Waals surface area (Å²) in [6.45, 7) is 2.85. The van der Waals surface area contributed by atoms with Gasteiger partial charge in [-0.2, -0.15) is 5.10 Å². The Kier molecular flexibility index (Phi) is 5.56. The monoisotopic (exact) mass is 456 g/mol. The standard InChI is InChI=1S/C26H24N4O2S/c1-26(25(32)27-16-19-9-4-2-5-10-19)18-30-22(15-21(28-30)23-13-8-14-33-23)24(31)29(26)17-20-11-6-3-7-12-20/h2-15H,16-18H2,1H3,(H,27,32). The van der Waals surface area contributed by atoms with Gasteiger partial charge in [0.15, 0.2) is 0 Å². The second-order valence-electron chi connectivity index (χ2n) is 8.37. The molecule has 1 aliphatic rings. The summed E-state index contributed by atoms with van der Waals surface area (Å²) < 4.78 is 1.68. The van der Waals surface area contributed by atoms with Gasteiger partial charge in [0.05, 0.1) is 11.4 Å². The number of hydrogen-bond donors (Lipinski definition) is 1. The zero-order valence-corrected chi connectivity index (χ0v) is 19.1. The van der Waals surface area contributed by atoms with Crippen molar-refractivity contribution >= 4 is 23.2 Å². The van der Waals surface area contributed by atoms with Gasteiger partial charge in [0, 0.05) is 13.1 Å². The molecule has 2 aromatic heterocycles. The maximum atomic E-state index is 13.7. The van der Waals surface area contributed by atoms with E-state index in [9.17, 15) is 9.59 Å². The van der Waals surface area contributed by atoms with Gasteiger partial charge in [-0.15, -0.1) is 11.3 Å². The molecule has 1 unspecified atom stereocenters. The van der Waals surface area contributed by atoms with E-state index in [2.05, 4.69) is 10.4 Å². The van der Waals surface area contributed by atoms with Crippen molar-refractivity contribution in [1.82, 2.24) is 20.0 Å². The fraction of sp³-hybridized carbons (Fsp3) is 0.192. The van der Waals surface area contributed by atoms with E-state index in [0.29, 0.717) is 18.8 Å². The third-order valence-corrected chi connectivity index (χ3v) is 6.93. The molecule has 0 spiro atoms. The van der Waals surface area contributed by atoms with Crippen molar-refractivity contribution in [2.45, 2.75) is 32.1 Å². The van der Waals surface area contributed by atoms with Gasteiger partial charge < -0.3 is 10.2 Å². The van der Waals surface area contributed by atoms with Gasteiger partial charge in [-0.1, -0.05) is 66.7 Å². The molecule has 2 amide bonds. The van der Waals surface area contributed by atoms with Crippen molar-refractivity contribution in [3.63, 3.8) is 0 Å². The van der Waals surface area contributed by atoms with Gasteiger partial charge >= 0.3 is 0 Å². The van der Waals surface area contributed by atoms with Gasteiger partial charge in [-0.25, -0.2) is 0 Å². The van der Waals surface area contributed by atoms with Crippen LogP contribution in [0, 0.1) is 0 Å². The summed E-state index contributed by atoms with van der Waals surface area (Å²) in [7, 11) is 0. The molecular weight excluding hydrogens is 432 g/mol. The minimum Gasteiger partial charge on any atom is -0.350 e. The molecule has 0 radical (unpaired) electrons. The van der Waals surface area contributed by atoms with Gasteiger partial charge in [-0.05, 0) is 35.6 Å². The SMILES string of the molecule is CC1(C(=O)NCc2ccccc2)Cn2nc(-c3cccs3)cc2C(=O)N1Cc1ccccc1. The molecule has 0 bridgehead atoms. The number of thiophene rings is 1. The number of benzene rings is 2. The lowest BCUT2D eigenvalue weighted by atomic mass is 9.94. The normalized spacial score (nSPS) is 17.6. The number of nitrogens with one attached hydrogen (secondary N) is 1. The van der Waals surface area contributed by atoms with Gasteiger partial charge in [0.2, 0.25) is 5.91 Å². The third kappa shape index (κ3) is 4.07. The van der Waals surface area contributed by atoms with Crippen molar-refractivity contribution < 1.29 is 9.59 Å². The summed E-state index contributed by atoms with van der Waals surface area (Å²) in [6, 6.07) is 25.3. The average molecular weight is 457 g/mol. The maximum absolute atomic E-state index is 13.7. The first-order chi connectivity index (χ1) is 16.0. The predicted molar refractivity (Wildman–Crippen MR) is 129 cm³/mol. The molecule has 1 aliphatic heterocycles. The van der Waals surface area contributed by atoms with Crippen LogP contribution in [0.1, 0.15) is 28.5 Å². The molecule has 6 nitrogen and oxygen atoms in total. The van der Waals surface area contributed by atoms with Crippen LogP contribution >= 0.6 is 11.3 Å². The summed E-state index contributed by atoms with van der Waals surface area (Å²) in [5, 5.41) is 9.70. The fourth-order valence-electron chi connectivity index (χ4n) is 4.17. The van der Waals surface area contributed by atoms with E-state index in [0.717, 1.165) is 21.7 Å². The number of carbonyl (C=O) groups is 2. The van der Waals surface area contributed by atoms with E-state index in [1.54, 1.807) is 20.9 Å². The van der Waals surface area contributed by atoms with Crippen molar-refractivity contribution in [3.8, 4) is 10.6 Å². The van der Waals surface area contributed by atoms with E-state index in [1.165, 1.54) is 0 Å². The molecule has 5 rings (SSSR count). The van der Waals surface area contributed by atoms with Gasteiger partial charge in [0.1, 0.15) is 16.9 Å². The summed E-state index contributed by atoms with van der Waals surface area (Å²) in [6.07, 6.45) is 0. The molecule has 2 aromatic carbocycles. The highest BCUT2D eigenvalue weighted by Crippen LogP contribution is 2.32. The largest absolute Gasteiger partial charge is 0.350 e. The fourth-order valence-corrected chi connectivity index (χ4v) is 4.85. The molecule has 166 valence electrons. The van der Waals surface area contributed by atoms with Gasteiger partial charge in [-0.3, -0.25) is 14.3 Å². The molecule has 4 aromatic rings. The molecule has 1 atom stereocenters. The number of aromatic nitrogens is 2. The highest BCUT2D eigenvalue weighted by molar-refractivity contribution is 7.13. The minimum absolute atomic E-state index is 0.197. The summed E-state index contributed by atoms with van der Waals surface area (Å²) in [5.41, 5.74) is 2.14. The van der Waals surface area contributed by atoms with Crippen molar-refractivity contribution in [1.29, 1.82) is 0 Å². The van der Waals surface area contributed by atoms with Gasteiger partial charge in [0.25, 0.3) is 5.91 Å². The van der Waals surface area contributed by atoms with Crippen LogP contribution in [-0.2, 0) is 24.4 Å². The van der Waals surface area contributed by atoms with Crippen LogP contribution in [-0.4, -0.2) is 32.0 Å². The second kappa shape index (κ2) is 8.67. The molecule has 7 heteroatoms. The van der Waals surface area contributed by atoms with E-state index >= 15 is 0 Å². The Morgan fingerprint density at radius 1 is 1.03 bits per heavy atom. The van der Waals surface area contributed by atoms with Crippen LogP contribution in [0.25, 0.3) is 10.6 Å². The van der Waals surface area contributed by atoms with E-state index in [1.807, 2.05) is 91.2 Å². The topological polar surface area (TPSA) is 67.2 Å². The molecule has 33 heavy (non-hydrogen) atoms. The molecule has 0 aliphatic carbocycles. The van der Waals surface area contributed by atoms with E-state index < -0.39 is 5.54 Å². The second-order valence-corrected chi connectivity index (χ2v) is 9.32. The van der Waals surface area contributed by atoms with Crippen molar-refractivity contribution in [2.24, 2.45) is 0 Å². The smallest absolute Gasteiger partial charge is 0.273 e. The van der Waals surface area contributed by atoms with Crippen molar-refractivity contribution in [3.05, 3.63) is 101 Å². The van der Waals surface area contributed by atoms with Crippen LogP contribution in [0.3, 0.4) is 0 Å². The zero-order valence-electron chi connectivity index (χ0n) is 18.3. The first-order valence-electron chi connectivity index (χ1n) is 10.8. The summed E-state index contributed by atoms with van der Waals surface area (Å²) in [5.74, 6) is -0.396. The van der Waals surface area contributed by atoms with Crippen LogP contribution in [0.2, 0.25) is 0 Å². The molecule has 0 saturated heterocycles. The third-order valence-electron chi connectivity index (χ3n) is 6.04. The average Bonchev–Trinajstić information content (AvgIpc) is 3.52. The van der Waals surface area contributed by atoms with Crippen LogP contribution < -0.4 is 5.32 Å². The number of nitrogens with zero attached hydrogens (tertiary/aromatic N) is 3. The lowest BCUT2D eigenvalue weighted by molar-refractivity contribution is -0.133. The minimum atomic E-state index is -1.09. The Labute approximate surface area is 196 Å². The van der Waals surface area contributed by atoms with Crippen LogP contribution in [0.15, 0.2) is 84.2 Å². The van der Waals surface area contributed by atoms with Crippen LogP contribution in [0.4, 0.5) is 0 Å². The first-order valence-corrected chi connectivity index (χ1v) is 11.7. The molecule has 0 fully saturated rings. The number of carbonyl (C=O) groups excluding carboxylic acids is 2. The Hall–Kier alpha value is -3.71. The molecular formula is C26H24N4O2S. The highest BCUT2D eigenvalue weighted by atomic mass is 32.1. The first kappa shape index (κ1) is 21.2. The predicted octanol–water partition coefficient (Wildman–Crippen LogP) is 4.34. The molecule has 0 saturated carbocycles. The van der Waals surface area contributed by atoms with E-state index in [-0.39, 0.29) is 18.4 Å². The summed E-state index contributed by atoms with van der Waals surface area (Å²) in [4.78, 5) is 29.9. The summed E-state index contributed by atoms with van der Waals surface area (Å²) >= 11 is 1.58. The number of amides is 2. The van der Waals surface area contributed by atoms with E-state index in [4.69, 9.17) is 0 Å². The molecule has 1 N–H and O–H groups in total. The van der Waals surface area contributed by atoms with Crippen LogP contribution in [0.5, 0.6) is 0 Å². The Balaban J connectivity index is 1.49. The zero-order chi connectivity index (χ0) is 22.8. The van der Waals surface area contributed by atoms with Crippen molar-refractivity contribution in [2.75, 3.05) is 0 Å². The Morgan fingerprint density at radius 2 is 1.73 bits per heavy atom. The Morgan fingerprint density at radius 3 is 2.39 bits per heavy atom. The lowest BCUT2D eigenvalue weighted by Gasteiger charge is -2.43. The highest BCUT2D eigenvalue weighted by Gasteiger charge is 2.48. The maximum Gasteiger partial charge on any atom is 0.273 e. The lowest BCUT2D eigenvalue weighted by Crippen LogP contribution is -2.63. The number of fused-ring (bicyclic) bond motifs is 1. The quantitative estimate of drug-likeness (QED) is 0.469.